The number of nitrogens with one attached hydrogen (secondary N) is 1. The fraction of sp³-hybridized carbons (Fsp3) is 0.385. The number of fused-ring (bicyclic) bond motifs is 1. The zero-order chi connectivity index (χ0) is 14.2. The van der Waals surface area contributed by atoms with E-state index in [0.29, 0.717) is 16.5 Å². The average molecular weight is 283 g/mol. The Morgan fingerprint density at radius 1 is 1.47 bits per heavy atom. The van der Waals surface area contributed by atoms with Gasteiger partial charge in [-0.05, 0) is 32.0 Å². The molecular formula is C13H15ClN2O3. The fourth-order valence-corrected chi connectivity index (χ4v) is 2.09. The lowest BCUT2D eigenvalue weighted by Crippen LogP contribution is -2.54. The lowest BCUT2D eigenvalue weighted by molar-refractivity contribution is -0.134. The van der Waals surface area contributed by atoms with Gasteiger partial charge in [-0.1, -0.05) is 11.6 Å². The minimum absolute atomic E-state index is 0.0601. The van der Waals surface area contributed by atoms with Crippen molar-refractivity contribution in [1.29, 1.82) is 0 Å². The Labute approximate surface area is 116 Å². The molecule has 1 aliphatic heterocycles. The van der Waals surface area contributed by atoms with Crippen molar-refractivity contribution in [1.82, 2.24) is 5.32 Å². The zero-order valence-electron chi connectivity index (χ0n) is 11.0. The highest BCUT2D eigenvalue weighted by atomic mass is 35.5. The van der Waals surface area contributed by atoms with Crippen molar-refractivity contribution in [3.63, 3.8) is 0 Å². The second kappa shape index (κ2) is 4.74. The third-order valence-electron chi connectivity index (χ3n) is 2.92. The molecule has 1 aromatic carbocycles. The molecule has 0 aromatic heterocycles. The van der Waals surface area contributed by atoms with Crippen LogP contribution in [-0.4, -0.2) is 31.0 Å². The largest absolute Gasteiger partial charge is 0.476 e. The van der Waals surface area contributed by atoms with Crippen LogP contribution in [0.25, 0.3) is 0 Å². The average Bonchev–Trinajstić information content (AvgIpc) is 2.35. The van der Waals surface area contributed by atoms with Gasteiger partial charge in [-0.25, -0.2) is 0 Å². The highest BCUT2D eigenvalue weighted by molar-refractivity contribution is 6.31. The van der Waals surface area contributed by atoms with Crippen LogP contribution in [0.3, 0.4) is 0 Å². The number of anilines is 1. The summed E-state index contributed by atoms with van der Waals surface area (Å²) in [5.74, 6) is 0.0146. The topological polar surface area (TPSA) is 58.6 Å². The smallest absolute Gasteiger partial charge is 0.271 e. The van der Waals surface area contributed by atoms with Crippen molar-refractivity contribution in [2.45, 2.75) is 19.4 Å². The Hall–Kier alpha value is -1.75. The summed E-state index contributed by atoms with van der Waals surface area (Å²) in [7, 11) is 1.53. The van der Waals surface area contributed by atoms with Crippen molar-refractivity contribution in [3.8, 4) is 5.75 Å². The number of likely N-dealkylation sites (N-methyl/N-ethyl adjacent to an activating group) is 1. The third-order valence-corrected chi connectivity index (χ3v) is 3.15. The maximum Gasteiger partial charge on any atom is 0.271 e. The van der Waals surface area contributed by atoms with E-state index in [9.17, 15) is 9.59 Å². The molecule has 2 amide bonds. The number of hydrogen-bond acceptors (Lipinski definition) is 3. The molecule has 6 heteroatoms. The van der Waals surface area contributed by atoms with E-state index in [-0.39, 0.29) is 18.4 Å². The minimum atomic E-state index is -1.01. The van der Waals surface area contributed by atoms with Crippen LogP contribution in [0.5, 0.6) is 5.75 Å². The van der Waals surface area contributed by atoms with E-state index < -0.39 is 5.60 Å². The van der Waals surface area contributed by atoms with E-state index in [1.807, 2.05) is 0 Å². The Morgan fingerprint density at radius 3 is 2.79 bits per heavy atom. The Balaban J connectivity index is 2.47. The molecule has 1 N–H and O–H groups in total. The second-order valence-electron chi connectivity index (χ2n) is 4.79. The highest BCUT2D eigenvalue weighted by Crippen LogP contribution is 2.39. The molecule has 102 valence electrons. The van der Waals surface area contributed by atoms with Crippen LogP contribution in [0.2, 0.25) is 5.02 Å². The Morgan fingerprint density at radius 2 is 2.16 bits per heavy atom. The summed E-state index contributed by atoms with van der Waals surface area (Å²) in [5, 5.41) is 2.98. The molecule has 2 rings (SSSR count). The molecule has 19 heavy (non-hydrogen) atoms. The van der Waals surface area contributed by atoms with Crippen molar-refractivity contribution in [2.24, 2.45) is 0 Å². The maximum absolute atomic E-state index is 12.4. The van der Waals surface area contributed by atoms with Gasteiger partial charge in [0.1, 0.15) is 12.3 Å². The van der Waals surface area contributed by atoms with E-state index in [2.05, 4.69) is 5.32 Å². The third kappa shape index (κ3) is 2.51. The zero-order valence-corrected chi connectivity index (χ0v) is 11.7. The van der Waals surface area contributed by atoms with Crippen LogP contribution in [0, 0.1) is 0 Å². The summed E-state index contributed by atoms with van der Waals surface area (Å²) in [6, 6.07) is 5.00. The first kappa shape index (κ1) is 13.7. The molecule has 0 fully saturated rings. The van der Waals surface area contributed by atoms with E-state index in [1.54, 1.807) is 32.0 Å². The van der Waals surface area contributed by atoms with Crippen LogP contribution in [-0.2, 0) is 9.59 Å². The number of ether oxygens (including phenoxy) is 1. The quantitative estimate of drug-likeness (QED) is 0.896. The number of benzene rings is 1. The van der Waals surface area contributed by atoms with Crippen molar-refractivity contribution in [2.75, 3.05) is 18.5 Å². The summed E-state index contributed by atoms with van der Waals surface area (Å²) >= 11 is 5.94. The molecule has 0 atom stereocenters. The molecule has 1 aliphatic rings. The number of carbonyl (C=O) groups is 2. The van der Waals surface area contributed by atoms with Gasteiger partial charge in [-0.3, -0.25) is 14.5 Å². The van der Waals surface area contributed by atoms with Crippen molar-refractivity contribution in [3.05, 3.63) is 23.2 Å². The normalized spacial score (nSPS) is 16.6. The minimum Gasteiger partial charge on any atom is -0.476 e. The second-order valence-corrected chi connectivity index (χ2v) is 5.23. The summed E-state index contributed by atoms with van der Waals surface area (Å²) in [5.41, 5.74) is -0.491. The van der Waals surface area contributed by atoms with Gasteiger partial charge < -0.3 is 10.1 Å². The molecule has 0 aliphatic carbocycles. The number of nitrogens with zero attached hydrogens (tertiary/aromatic N) is 1. The standard InChI is InChI=1S/C13H15ClN2O3/c1-13(2)12(18)16(7-11(17)15-3)9-6-8(14)4-5-10(9)19-13/h4-6H,7H2,1-3H3,(H,15,17). The fourth-order valence-electron chi connectivity index (χ4n) is 1.92. The Bertz CT molecular complexity index is 543. The molecular weight excluding hydrogens is 268 g/mol. The van der Waals surface area contributed by atoms with Crippen molar-refractivity contribution < 1.29 is 14.3 Å². The highest BCUT2D eigenvalue weighted by Gasteiger charge is 2.41. The molecule has 0 bridgehead atoms. The van der Waals surface area contributed by atoms with Gasteiger partial charge in [0.25, 0.3) is 5.91 Å². The molecule has 0 radical (unpaired) electrons. The summed E-state index contributed by atoms with van der Waals surface area (Å²) < 4.78 is 5.65. The van der Waals surface area contributed by atoms with Gasteiger partial charge in [0.2, 0.25) is 5.91 Å². The molecule has 0 saturated heterocycles. The van der Waals surface area contributed by atoms with Gasteiger partial charge in [0, 0.05) is 12.1 Å². The number of carbonyl (C=O) groups excluding carboxylic acids is 2. The maximum atomic E-state index is 12.4. The van der Waals surface area contributed by atoms with Crippen LogP contribution in [0.15, 0.2) is 18.2 Å². The number of hydrogen-bond donors (Lipinski definition) is 1. The van der Waals surface area contributed by atoms with Gasteiger partial charge >= 0.3 is 0 Å². The first-order chi connectivity index (χ1) is 8.85. The van der Waals surface area contributed by atoms with E-state index in [0.717, 1.165) is 0 Å². The molecule has 0 unspecified atom stereocenters. The first-order valence-corrected chi connectivity index (χ1v) is 6.24. The first-order valence-electron chi connectivity index (χ1n) is 5.86. The van der Waals surface area contributed by atoms with E-state index in [4.69, 9.17) is 16.3 Å². The molecule has 0 saturated carbocycles. The van der Waals surface area contributed by atoms with Crippen LogP contribution < -0.4 is 15.0 Å². The van der Waals surface area contributed by atoms with Crippen LogP contribution >= 0.6 is 11.6 Å². The molecule has 1 heterocycles. The number of halogens is 1. The van der Waals surface area contributed by atoms with Crippen molar-refractivity contribution >= 4 is 29.1 Å². The summed E-state index contributed by atoms with van der Waals surface area (Å²) in [6.45, 7) is 3.28. The predicted molar refractivity (Wildman–Crippen MR) is 72.6 cm³/mol. The van der Waals surface area contributed by atoms with Crippen LogP contribution in [0.1, 0.15) is 13.8 Å². The van der Waals surface area contributed by atoms with Gasteiger partial charge in [0.05, 0.1) is 5.69 Å². The predicted octanol–water partition coefficient (Wildman–Crippen LogP) is 1.59. The monoisotopic (exact) mass is 282 g/mol. The van der Waals surface area contributed by atoms with Gasteiger partial charge in [0.15, 0.2) is 5.60 Å². The lowest BCUT2D eigenvalue weighted by atomic mass is 10.0. The Kier molecular flexibility index (Phi) is 3.41. The lowest BCUT2D eigenvalue weighted by Gasteiger charge is -2.38. The van der Waals surface area contributed by atoms with E-state index >= 15 is 0 Å². The van der Waals surface area contributed by atoms with E-state index in [1.165, 1.54) is 11.9 Å². The SMILES string of the molecule is CNC(=O)CN1C(=O)C(C)(C)Oc2ccc(Cl)cc21. The number of rotatable bonds is 2. The molecule has 0 spiro atoms. The van der Waals surface area contributed by atoms with Crippen LogP contribution in [0.4, 0.5) is 5.69 Å². The number of amides is 2. The summed E-state index contributed by atoms with van der Waals surface area (Å²) in [6.07, 6.45) is 0. The molecule has 5 nitrogen and oxygen atoms in total. The van der Waals surface area contributed by atoms with Gasteiger partial charge in [-0.2, -0.15) is 0 Å². The summed E-state index contributed by atoms with van der Waals surface area (Å²) in [4.78, 5) is 25.3. The van der Waals surface area contributed by atoms with Gasteiger partial charge in [-0.15, -0.1) is 0 Å². The molecule has 1 aromatic rings.